The Bertz CT molecular complexity index is 1130. The van der Waals surface area contributed by atoms with Crippen molar-refractivity contribution in [3.63, 3.8) is 0 Å². The summed E-state index contributed by atoms with van der Waals surface area (Å²) in [5, 5.41) is 12.8. The van der Waals surface area contributed by atoms with Crippen LogP contribution in [0.3, 0.4) is 0 Å². The third-order valence-corrected chi connectivity index (χ3v) is 6.04. The SMILES string of the molecule is CCCOc1ccc(C(CC(=O)O)NC(=O)c2sc(-c3ccc(F)cc3)nc2C)cc1OC. The number of nitrogens with zero attached hydrogens (tertiary/aromatic N) is 1. The largest absolute Gasteiger partial charge is 0.493 e. The van der Waals surface area contributed by atoms with Gasteiger partial charge < -0.3 is 19.9 Å². The van der Waals surface area contributed by atoms with Crippen LogP contribution in [-0.4, -0.2) is 35.7 Å². The molecule has 0 bridgehead atoms. The zero-order valence-corrected chi connectivity index (χ0v) is 19.4. The lowest BCUT2D eigenvalue weighted by atomic mass is 10.0. The molecule has 0 aliphatic heterocycles. The summed E-state index contributed by atoms with van der Waals surface area (Å²) in [7, 11) is 1.50. The van der Waals surface area contributed by atoms with Gasteiger partial charge >= 0.3 is 5.97 Å². The highest BCUT2D eigenvalue weighted by atomic mass is 32.1. The van der Waals surface area contributed by atoms with E-state index in [0.29, 0.717) is 44.8 Å². The van der Waals surface area contributed by atoms with Gasteiger partial charge in [-0.3, -0.25) is 9.59 Å². The minimum atomic E-state index is -1.06. The molecule has 1 amide bonds. The van der Waals surface area contributed by atoms with Crippen LogP contribution < -0.4 is 14.8 Å². The molecule has 33 heavy (non-hydrogen) atoms. The maximum absolute atomic E-state index is 13.2. The number of amides is 1. The number of halogens is 1. The zero-order valence-electron chi connectivity index (χ0n) is 18.6. The fraction of sp³-hybridized carbons (Fsp3) is 0.292. The van der Waals surface area contributed by atoms with E-state index in [9.17, 15) is 19.1 Å². The van der Waals surface area contributed by atoms with Crippen LogP contribution >= 0.6 is 11.3 Å². The van der Waals surface area contributed by atoms with Crippen LogP contribution in [0.15, 0.2) is 42.5 Å². The number of rotatable bonds is 10. The van der Waals surface area contributed by atoms with Crippen LogP contribution in [0.5, 0.6) is 11.5 Å². The summed E-state index contributed by atoms with van der Waals surface area (Å²) in [5.74, 6) is -0.847. The van der Waals surface area contributed by atoms with Crippen molar-refractivity contribution in [2.45, 2.75) is 32.7 Å². The van der Waals surface area contributed by atoms with Crippen molar-refractivity contribution >= 4 is 23.2 Å². The second-order valence-electron chi connectivity index (χ2n) is 7.32. The van der Waals surface area contributed by atoms with Crippen LogP contribution in [0.4, 0.5) is 4.39 Å². The summed E-state index contributed by atoms with van der Waals surface area (Å²) >= 11 is 1.16. The molecule has 3 aromatic rings. The minimum Gasteiger partial charge on any atom is -0.493 e. The first-order valence-corrected chi connectivity index (χ1v) is 11.2. The normalized spacial score (nSPS) is 11.6. The van der Waals surface area contributed by atoms with Crippen molar-refractivity contribution in [2.75, 3.05) is 13.7 Å². The van der Waals surface area contributed by atoms with E-state index >= 15 is 0 Å². The molecule has 0 fully saturated rings. The molecule has 1 aromatic heterocycles. The van der Waals surface area contributed by atoms with Crippen molar-refractivity contribution < 1.29 is 28.6 Å². The van der Waals surface area contributed by atoms with Crippen molar-refractivity contribution in [1.29, 1.82) is 0 Å². The van der Waals surface area contributed by atoms with Gasteiger partial charge in [0.15, 0.2) is 11.5 Å². The van der Waals surface area contributed by atoms with E-state index in [-0.39, 0.29) is 12.2 Å². The molecule has 1 unspecified atom stereocenters. The van der Waals surface area contributed by atoms with Crippen LogP contribution in [0.2, 0.25) is 0 Å². The molecule has 0 saturated heterocycles. The Kier molecular flexibility index (Phi) is 8.00. The molecule has 0 aliphatic rings. The lowest BCUT2D eigenvalue weighted by Gasteiger charge is -2.19. The summed E-state index contributed by atoms with van der Waals surface area (Å²) in [4.78, 5) is 29.3. The third-order valence-electron chi connectivity index (χ3n) is 4.83. The standard InChI is InChI=1S/C24H25FN2O5S/c1-4-11-32-19-10-7-16(12-20(19)31-3)18(13-21(28)29)27-23(30)22-14(2)26-24(33-22)15-5-8-17(25)9-6-15/h5-10,12,18H,4,11,13H2,1-3H3,(H,27,30)(H,28,29). The molecule has 9 heteroatoms. The molecule has 174 valence electrons. The number of aliphatic carboxylic acids is 1. The second kappa shape index (κ2) is 10.9. The minimum absolute atomic E-state index is 0.313. The van der Waals surface area contributed by atoms with Crippen molar-refractivity contribution in [3.8, 4) is 22.1 Å². The smallest absolute Gasteiger partial charge is 0.305 e. The predicted octanol–water partition coefficient (Wildman–Crippen LogP) is 5.00. The van der Waals surface area contributed by atoms with Gasteiger partial charge in [-0.15, -0.1) is 11.3 Å². The van der Waals surface area contributed by atoms with E-state index in [1.165, 1.54) is 19.2 Å². The molecule has 1 heterocycles. The van der Waals surface area contributed by atoms with E-state index in [2.05, 4.69) is 10.3 Å². The van der Waals surface area contributed by atoms with E-state index in [0.717, 1.165) is 17.8 Å². The highest BCUT2D eigenvalue weighted by Crippen LogP contribution is 2.33. The Morgan fingerprint density at radius 3 is 2.55 bits per heavy atom. The number of aryl methyl sites for hydroxylation is 1. The molecular formula is C24H25FN2O5S. The van der Waals surface area contributed by atoms with Gasteiger partial charge in [0.25, 0.3) is 5.91 Å². The van der Waals surface area contributed by atoms with Crippen LogP contribution in [0.25, 0.3) is 10.6 Å². The highest BCUT2D eigenvalue weighted by molar-refractivity contribution is 7.17. The Hall–Kier alpha value is -3.46. The number of carbonyl (C=O) groups excluding carboxylic acids is 1. The van der Waals surface area contributed by atoms with Crippen LogP contribution in [-0.2, 0) is 4.79 Å². The number of carbonyl (C=O) groups is 2. The molecule has 0 spiro atoms. The number of nitrogens with one attached hydrogen (secondary N) is 1. The van der Waals surface area contributed by atoms with E-state index in [4.69, 9.17) is 9.47 Å². The fourth-order valence-electron chi connectivity index (χ4n) is 3.21. The average Bonchev–Trinajstić information content (AvgIpc) is 3.19. The maximum atomic E-state index is 13.2. The summed E-state index contributed by atoms with van der Waals surface area (Å²) < 4.78 is 24.3. The number of hydrogen-bond donors (Lipinski definition) is 2. The van der Waals surface area contributed by atoms with Gasteiger partial charge in [0.2, 0.25) is 0 Å². The van der Waals surface area contributed by atoms with Crippen LogP contribution in [0, 0.1) is 12.7 Å². The van der Waals surface area contributed by atoms with Crippen LogP contribution in [0.1, 0.15) is 46.7 Å². The molecule has 0 saturated carbocycles. The summed E-state index contributed by atoms with van der Waals surface area (Å²) in [6, 6.07) is 10.1. The van der Waals surface area contributed by atoms with Gasteiger partial charge in [-0.2, -0.15) is 0 Å². The number of aromatic nitrogens is 1. The van der Waals surface area contributed by atoms with Gasteiger partial charge in [-0.05, 0) is 55.3 Å². The third kappa shape index (κ3) is 6.07. The second-order valence-corrected chi connectivity index (χ2v) is 8.32. The van der Waals surface area contributed by atoms with Crippen molar-refractivity contribution in [2.24, 2.45) is 0 Å². The maximum Gasteiger partial charge on any atom is 0.305 e. The zero-order chi connectivity index (χ0) is 24.0. The molecular weight excluding hydrogens is 447 g/mol. The molecule has 2 N–H and O–H groups in total. The number of thiazole rings is 1. The Morgan fingerprint density at radius 1 is 1.18 bits per heavy atom. The topological polar surface area (TPSA) is 97.8 Å². The molecule has 3 rings (SSSR count). The summed E-state index contributed by atoms with van der Waals surface area (Å²) in [5.41, 5.74) is 1.78. The number of ether oxygens (including phenoxy) is 2. The first-order chi connectivity index (χ1) is 15.8. The lowest BCUT2D eigenvalue weighted by Crippen LogP contribution is -2.30. The monoisotopic (exact) mass is 472 g/mol. The molecule has 2 aromatic carbocycles. The molecule has 1 atom stereocenters. The van der Waals surface area contributed by atoms with E-state index in [1.54, 1.807) is 37.3 Å². The Morgan fingerprint density at radius 2 is 1.91 bits per heavy atom. The summed E-state index contributed by atoms with van der Waals surface area (Å²) in [6.07, 6.45) is 0.517. The van der Waals surface area contributed by atoms with Gasteiger partial charge in [-0.25, -0.2) is 9.37 Å². The molecule has 0 aliphatic carbocycles. The van der Waals surface area contributed by atoms with E-state index < -0.39 is 17.9 Å². The number of carboxylic acids is 1. The fourth-order valence-corrected chi connectivity index (χ4v) is 4.18. The number of benzene rings is 2. The first kappa shape index (κ1) is 24.2. The average molecular weight is 473 g/mol. The summed E-state index contributed by atoms with van der Waals surface area (Å²) in [6.45, 7) is 4.21. The first-order valence-electron chi connectivity index (χ1n) is 10.4. The highest BCUT2D eigenvalue weighted by Gasteiger charge is 2.23. The number of carboxylic acid groups (broad SMARTS) is 1. The van der Waals surface area contributed by atoms with Gasteiger partial charge in [-0.1, -0.05) is 13.0 Å². The van der Waals surface area contributed by atoms with Crippen molar-refractivity contribution in [3.05, 3.63) is 64.4 Å². The number of hydrogen-bond acceptors (Lipinski definition) is 6. The molecule has 7 nitrogen and oxygen atoms in total. The molecule has 0 radical (unpaired) electrons. The predicted molar refractivity (Wildman–Crippen MR) is 123 cm³/mol. The Balaban J connectivity index is 1.85. The lowest BCUT2D eigenvalue weighted by molar-refractivity contribution is -0.137. The van der Waals surface area contributed by atoms with E-state index in [1.807, 2.05) is 6.92 Å². The van der Waals surface area contributed by atoms with Gasteiger partial charge in [0, 0.05) is 5.56 Å². The Labute approximate surface area is 195 Å². The quantitative estimate of drug-likeness (QED) is 0.431. The van der Waals surface area contributed by atoms with Crippen molar-refractivity contribution in [1.82, 2.24) is 10.3 Å². The van der Waals surface area contributed by atoms with Gasteiger partial charge in [0.05, 0.1) is 31.9 Å². The van der Waals surface area contributed by atoms with Gasteiger partial charge in [0.1, 0.15) is 15.7 Å². The number of methoxy groups -OCH3 is 1.